The Hall–Kier alpha value is -1.06. The van der Waals surface area contributed by atoms with Crippen LogP contribution >= 0.6 is 0 Å². The van der Waals surface area contributed by atoms with E-state index in [0.717, 1.165) is 6.54 Å². The van der Waals surface area contributed by atoms with Gasteiger partial charge in [-0.25, -0.2) is 0 Å². The number of hydrogen-bond acceptors (Lipinski definition) is 3. The van der Waals surface area contributed by atoms with Gasteiger partial charge in [0.15, 0.2) is 0 Å². The van der Waals surface area contributed by atoms with Crippen LogP contribution in [-0.4, -0.2) is 21.6 Å². The predicted octanol–water partition coefficient (Wildman–Crippen LogP) is 1.40. The lowest BCUT2D eigenvalue weighted by molar-refractivity contribution is 0.629. The lowest BCUT2D eigenvalue weighted by Gasteiger charge is -2.03. The van der Waals surface area contributed by atoms with E-state index in [1.807, 2.05) is 0 Å². The second kappa shape index (κ2) is 5.57. The summed E-state index contributed by atoms with van der Waals surface area (Å²) in [7, 11) is 0. The molecule has 4 nitrogen and oxygen atoms in total. The highest BCUT2D eigenvalue weighted by Crippen LogP contribution is 1.97. The van der Waals surface area contributed by atoms with E-state index >= 15 is 0 Å². The molecule has 0 saturated heterocycles. The molecule has 0 saturated carbocycles. The summed E-state index contributed by atoms with van der Waals surface area (Å²) in [6, 6.07) is 0. The number of nitrogens with zero attached hydrogens (tertiary/aromatic N) is 3. The van der Waals surface area contributed by atoms with Crippen LogP contribution in [0.4, 0.5) is 0 Å². The average Bonchev–Trinajstić information content (AvgIpc) is 2.57. The van der Waals surface area contributed by atoms with Crippen LogP contribution in [0.3, 0.4) is 0 Å². The molecule has 1 rings (SSSR count). The molecule has 1 N–H and O–H groups in total. The first-order valence-electron chi connectivity index (χ1n) is 4.53. The normalized spacial score (nSPS) is 10.1. The number of aromatic nitrogens is 3. The maximum absolute atomic E-state index is 3.79. The van der Waals surface area contributed by atoms with Gasteiger partial charge in [0.1, 0.15) is 0 Å². The molecule has 0 aromatic carbocycles. The summed E-state index contributed by atoms with van der Waals surface area (Å²) < 4.78 is 0. The van der Waals surface area contributed by atoms with E-state index in [0.29, 0.717) is 0 Å². The fourth-order valence-electron chi connectivity index (χ4n) is 1.04. The van der Waals surface area contributed by atoms with Crippen molar-refractivity contribution in [1.82, 2.24) is 15.1 Å². The standard InChI is InChI=1S/C8H16N4/c1-2-3-4-5-6-10-12-8-7-9-11-12/h7-8,10H,2-6H2,1H3. The molecule has 0 amide bonds. The van der Waals surface area contributed by atoms with Gasteiger partial charge >= 0.3 is 0 Å². The number of rotatable bonds is 6. The molecule has 4 heteroatoms. The molecule has 0 unspecified atom stereocenters. The molecule has 0 aliphatic heterocycles. The molecular formula is C8H16N4. The second-order valence-electron chi connectivity index (χ2n) is 2.82. The lowest BCUT2D eigenvalue weighted by Crippen LogP contribution is -2.16. The number of hydrogen-bond donors (Lipinski definition) is 1. The van der Waals surface area contributed by atoms with Crippen LogP contribution in [0.25, 0.3) is 0 Å². The SMILES string of the molecule is CCCCCCNn1ccnn1. The summed E-state index contributed by atoms with van der Waals surface area (Å²) in [5, 5.41) is 7.48. The first-order valence-corrected chi connectivity index (χ1v) is 4.53. The zero-order valence-electron chi connectivity index (χ0n) is 7.53. The first kappa shape index (κ1) is 9.03. The van der Waals surface area contributed by atoms with Crippen molar-refractivity contribution in [2.45, 2.75) is 32.6 Å². The first-order chi connectivity index (χ1) is 5.93. The molecule has 0 bridgehead atoms. The van der Waals surface area contributed by atoms with Crippen molar-refractivity contribution in [3.63, 3.8) is 0 Å². The fraction of sp³-hybridized carbons (Fsp3) is 0.750. The molecule has 1 heterocycles. The van der Waals surface area contributed by atoms with Crippen molar-refractivity contribution in [3.8, 4) is 0 Å². The minimum Gasteiger partial charge on any atom is -0.309 e. The summed E-state index contributed by atoms with van der Waals surface area (Å²) in [6.45, 7) is 3.19. The van der Waals surface area contributed by atoms with Gasteiger partial charge in [0, 0.05) is 6.54 Å². The van der Waals surface area contributed by atoms with E-state index in [1.54, 1.807) is 17.2 Å². The van der Waals surface area contributed by atoms with Gasteiger partial charge in [0.2, 0.25) is 0 Å². The third-order valence-electron chi connectivity index (χ3n) is 1.73. The van der Waals surface area contributed by atoms with Gasteiger partial charge in [-0.3, -0.25) is 0 Å². The molecule has 0 atom stereocenters. The highest BCUT2D eigenvalue weighted by molar-refractivity contribution is 4.70. The fourth-order valence-corrected chi connectivity index (χ4v) is 1.04. The van der Waals surface area contributed by atoms with Gasteiger partial charge in [-0.1, -0.05) is 26.2 Å². The van der Waals surface area contributed by atoms with Crippen LogP contribution in [0.1, 0.15) is 32.6 Å². The zero-order valence-corrected chi connectivity index (χ0v) is 7.53. The summed E-state index contributed by atoms with van der Waals surface area (Å²) in [6.07, 6.45) is 8.56. The molecule has 12 heavy (non-hydrogen) atoms. The summed E-state index contributed by atoms with van der Waals surface area (Å²) in [5.74, 6) is 0. The molecule has 0 spiro atoms. The molecule has 68 valence electrons. The maximum atomic E-state index is 3.79. The number of unbranched alkanes of at least 4 members (excludes halogenated alkanes) is 3. The highest BCUT2D eigenvalue weighted by atomic mass is 15.6. The van der Waals surface area contributed by atoms with Gasteiger partial charge in [0.05, 0.1) is 12.4 Å². The second-order valence-corrected chi connectivity index (χ2v) is 2.82. The van der Waals surface area contributed by atoms with Crippen molar-refractivity contribution in [3.05, 3.63) is 12.4 Å². The van der Waals surface area contributed by atoms with E-state index in [2.05, 4.69) is 22.7 Å². The van der Waals surface area contributed by atoms with Crippen molar-refractivity contribution < 1.29 is 0 Å². The third-order valence-corrected chi connectivity index (χ3v) is 1.73. The Kier molecular flexibility index (Phi) is 4.19. The largest absolute Gasteiger partial charge is 0.309 e. The highest BCUT2D eigenvalue weighted by Gasteiger charge is 1.89. The van der Waals surface area contributed by atoms with Gasteiger partial charge < -0.3 is 5.43 Å². The third kappa shape index (κ3) is 3.37. The molecular weight excluding hydrogens is 152 g/mol. The van der Waals surface area contributed by atoms with E-state index in [4.69, 9.17) is 0 Å². The predicted molar refractivity (Wildman–Crippen MR) is 48.4 cm³/mol. The van der Waals surface area contributed by atoms with Crippen LogP contribution in [0.15, 0.2) is 12.4 Å². The van der Waals surface area contributed by atoms with Crippen molar-refractivity contribution in [2.24, 2.45) is 0 Å². The Morgan fingerprint density at radius 2 is 2.25 bits per heavy atom. The average molecular weight is 168 g/mol. The Morgan fingerprint density at radius 1 is 1.33 bits per heavy atom. The van der Waals surface area contributed by atoms with E-state index in [1.165, 1.54) is 25.7 Å². The van der Waals surface area contributed by atoms with Crippen molar-refractivity contribution >= 4 is 0 Å². The quantitative estimate of drug-likeness (QED) is 0.653. The maximum Gasteiger partial charge on any atom is 0.0715 e. The molecule has 1 aromatic rings. The zero-order chi connectivity index (χ0) is 8.65. The van der Waals surface area contributed by atoms with E-state index in [9.17, 15) is 0 Å². The molecule has 0 aliphatic rings. The lowest BCUT2D eigenvalue weighted by atomic mass is 10.2. The Balaban J connectivity index is 1.96. The van der Waals surface area contributed by atoms with Crippen LogP contribution in [0.5, 0.6) is 0 Å². The number of nitrogens with one attached hydrogen (secondary N) is 1. The smallest absolute Gasteiger partial charge is 0.0715 e. The Morgan fingerprint density at radius 3 is 2.92 bits per heavy atom. The van der Waals surface area contributed by atoms with E-state index < -0.39 is 0 Å². The minimum atomic E-state index is 0.976. The van der Waals surface area contributed by atoms with Crippen LogP contribution in [0, 0.1) is 0 Å². The summed E-state index contributed by atoms with van der Waals surface area (Å²) in [4.78, 5) is 1.64. The minimum absolute atomic E-state index is 0.976. The van der Waals surface area contributed by atoms with Gasteiger partial charge in [-0.05, 0) is 11.6 Å². The van der Waals surface area contributed by atoms with Crippen LogP contribution in [-0.2, 0) is 0 Å². The van der Waals surface area contributed by atoms with E-state index in [-0.39, 0.29) is 0 Å². The van der Waals surface area contributed by atoms with Gasteiger partial charge in [-0.2, -0.15) is 4.79 Å². The Labute approximate surface area is 72.9 Å². The summed E-state index contributed by atoms with van der Waals surface area (Å²) >= 11 is 0. The van der Waals surface area contributed by atoms with Crippen molar-refractivity contribution in [2.75, 3.05) is 12.0 Å². The Bertz CT molecular complexity index is 183. The van der Waals surface area contributed by atoms with Crippen LogP contribution in [0.2, 0.25) is 0 Å². The van der Waals surface area contributed by atoms with Gasteiger partial charge in [0.25, 0.3) is 0 Å². The molecule has 0 fully saturated rings. The van der Waals surface area contributed by atoms with Crippen molar-refractivity contribution in [1.29, 1.82) is 0 Å². The monoisotopic (exact) mass is 168 g/mol. The van der Waals surface area contributed by atoms with Crippen LogP contribution < -0.4 is 5.43 Å². The summed E-state index contributed by atoms with van der Waals surface area (Å²) in [5.41, 5.74) is 3.13. The topological polar surface area (TPSA) is 42.7 Å². The molecule has 1 aromatic heterocycles. The molecule has 0 radical (unpaired) electrons. The molecule has 0 aliphatic carbocycles. The van der Waals surface area contributed by atoms with Gasteiger partial charge in [-0.15, -0.1) is 5.10 Å².